The summed E-state index contributed by atoms with van der Waals surface area (Å²) in [6.07, 6.45) is 3.29. The van der Waals surface area contributed by atoms with Crippen molar-refractivity contribution in [2.45, 2.75) is 19.3 Å². The Morgan fingerprint density at radius 3 is 2.95 bits per heavy atom. The molecule has 0 radical (unpaired) electrons. The largest absolute Gasteiger partial charge is 0.357 e. The average molecular weight is 285 g/mol. The lowest BCUT2D eigenvalue weighted by Gasteiger charge is -2.29. The fraction of sp³-hybridized carbons (Fsp3) is 0.625. The standard InChI is InChI=1S/C16H23N5/c1-20(9-10-21-7-5-18-6-8-21)16-14(12-17)11-13-3-2-4-15(13)19-16/h11,18H,2-10H2,1H3. The van der Waals surface area contributed by atoms with Crippen molar-refractivity contribution in [1.82, 2.24) is 15.2 Å². The van der Waals surface area contributed by atoms with Crippen molar-refractivity contribution in [3.8, 4) is 6.07 Å². The zero-order valence-electron chi connectivity index (χ0n) is 12.7. The molecule has 2 heterocycles. The van der Waals surface area contributed by atoms with Gasteiger partial charge in [0.25, 0.3) is 0 Å². The predicted molar refractivity (Wildman–Crippen MR) is 83.6 cm³/mol. The van der Waals surface area contributed by atoms with Crippen LogP contribution in [0.25, 0.3) is 0 Å². The van der Waals surface area contributed by atoms with E-state index in [2.05, 4.69) is 21.2 Å². The molecule has 1 aromatic heterocycles. The van der Waals surface area contributed by atoms with Gasteiger partial charge < -0.3 is 10.2 Å². The van der Waals surface area contributed by atoms with Crippen molar-refractivity contribution in [3.05, 3.63) is 22.9 Å². The van der Waals surface area contributed by atoms with Gasteiger partial charge in [0.05, 0.1) is 5.56 Å². The summed E-state index contributed by atoms with van der Waals surface area (Å²) in [5.74, 6) is 0.855. The molecule has 112 valence electrons. The summed E-state index contributed by atoms with van der Waals surface area (Å²) in [5, 5.41) is 12.8. The molecule has 0 bridgehead atoms. The second-order valence-electron chi connectivity index (χ2n) is 5.94. The molecule has 0 atom stereocenters. The topological polar surface area (TPSA) is 55.2 Å². The Balaban J connectivity index is 1.69. The van der Waals surface area contributed by atoms with Gasteiger partial charge in [-0.05, 0) is 30.9 Å². The van der Waals surface area contributed by atoms with E-state index in [0.29, 0.717) is 0 Å². The molecule has 5 heteroatoms. The Morgan fingerprint density at radius 1 is 1.38 bits per heavy atom. The zero-order valence-corrected chi connectivity index (χ0v) is 12.7. The number of aryl methyl sites for hydroxylation is 2. The summed E-state index contributed by atoms with van der Waals surface area (Å²) in [4.78, 5) is 9.36. The maximum Gasteiger partial charge on any atom is 0.146 e. The van der Waals surface area contributed by atoms with E-state index in [4.69, 9.17) is 4.98 Å². The van der Waals surface area contributed by atoms with Crippen LogP contribution in [0, 0.1) is 11.3 Å². The van der Waals surface area contributed by atoms with Crippen LogP contribution in [0.1, 0.15) is 23.2 Å². The molecule has 1 saturated heterocycles. The number of likely N-dealkylation sites (N-methyl/N-ethyl adjacent to an activating group) is 1. The quantitative estimate of drug-likeness (QED) is 0.886. The van der Waals surface area contributed by atoms with Gasteiger partial charge in [-0.25, -0.2) is 4.98 Å². The number of nitrogens with one attached hydrogen (secondary N) is 1. The highest BCUT2D eigenvalue weighted by Crippen LogP contribution is 2.26. The van der Waals surface area contributed by atoms with Crippen molar-refractivity contribution in [1.29, 1.82) is 5.26 Å². The molecule has 5 nitrogen and oxygen atoms in total. The van der Waals surface area contributed by atoms with Crippen molar-refractivity contribution >= 4 is 5.82 Å². The maximum atomic E-state index is 9.38. The minimum atomic E-state index is 0.721. The van der Waals surface area contributed by atoms with Crippen LogP contribution in [-0.2, 0) is 12.8 Å². The fourth-order valence-corrected chi connectivity index (χ4v) is 3.17. The molecule has 1 aliphatic heterocycles. The Kier molecular flexibility index (Phi) is 4.37. The number of aromatic nitrogens is 1. The van der Waals surface area contributed by atoms with E-state index in [0.717, 1.165) is 63.5 Å². The molecule has 1 fully saturated rings. The first-order valence-electron chi connectivity index (χ1n) is 7.85. The Hall–Kier alpha value is -1.64. The summed E-state index contributed by atoms with van der Waals surface area (Å²) in [6, 6.07) is 4.36. The number of piperazine rings is 1. The first-order chi connectivity index (χ1) is 10.3. The van der Waals surface area contributed by atoms with Crippen LogP contribution in [0.2, 0.25) is 0 Å². The fourth-order valence-electron chi connectivity index (χ4n) is 3.17. The maximum absolute atomic E-state index is 9.38. The van der Waals surface area contributed by atoms with Gasteiger partial charge in [0.15, 0.2) is 0 Å². The molecule has 21 heavy (non-hydrogen) atoms. The van der Waals surface area contributed by atoms with Crippen LogP contribution >= 0.6 is 0 Å². The van der Waals surface area contributed by atoms with Crippen LogP contribution in [-0.4, -0.2) is 56.2 Å². The van der Waals surface area contributed by atoms with Gasteiger partial charge in [0, 0.05) is 52.0 Å². The molecule has 2 aliphatic rings. The van der Waals surface area contributed by atoms with Gasteiger partial charge in [-0.1, -0.05) is 0 Å². The molecular formula is C16H23N5. The third-order valence-electron chi connectivity index (χ3n) is 4.47. The first kappa shape index (κ1) is 14.3. The van der Waals surface area contributed by atoms with Crippen LogP contribution in [0.3, 0.4) is 0 Å². The van der Waals surface area contributed by atoms with Crippen LogP contribution in [0.5, 0.6) is 0 Å². The number of fused-ring (bicyclic) bond motifs is 1. The highest BCUT2D eigenvalue weighted by molar-refractivity contribution is 5.56. The van der Waals surface area contributed by atoms with Crippen molar-refractivity contribution in [2.24, 2.45) is 0 Å². The lowest BCUT2D eigenvalue weighted by molar-refractivity contribution is 0.246. The molecule has 0 aromatic carbocycles. The second kappa shape index (κ2) is 6.42. The van der Waals surface area contributed by atoms with Crippen molar-refractivity contribution in [3.63, 3.8) is 0 Å². The minimum absolute atomic E-state index is 0.721. The third kappa shape index (κ3) is 3.17. The van der Waals surface area contributed by atoms with Crippen LogP contribution < -0.4 is 10.2 Å². The molecule has 3 rings (SSSR count). The van der Waals surface area contributed by atoms with Gasteiger partial charge >= 0.3 is 0 Å². The van der Waals surface area contributed by atoms with Crippen LogP contribution in [0.4, 0.5) is 5.82 Å². The first-order valence-corrected chi connectivity index (χ1v) is 7.85. The monoisotopic (exact) mass is 285 g/mol. The number of nitriles is 1. The smallest absolute Gasteiger partial charge is 0.146 e. The molecule has 1 N–H and O–H groups in total. The van der Waals surface area contributed by atoms with Crippen LogP contribution in [0.15, 0.2) is 6.07 Å². The Morgan fingerprint density at radius 2 is 2.19 bits per heavy atom. The molecule has 0 saturated carbocycles. The summed E-state index contributed by atoms with van der Waals surface area (Å²) in [6.45, 7) is 6.31. The number of anilines is 1. The van der Waals surface area contributed by atoms with E-state index in [1.807, 2.05) is 13.1 Å². The van der Waals surface area contributed by atoms with E-state index >= 15 is 0 Å². The number of hydrogen-bond donors (Lipinski definition) is 1. The normalized spacial score (nSPS) is 18.3. The highest BCUT2D eigenvalue weighted by atomic mass is 15.2. The number of pyridine rings is 1. The molecule has 0 amide bonds. The summed E-state index contributed by atoms with van der Waals surface area (Å²) < 4.78 is 0. The van der Waals surface area contributed by atoms with E-state index in [9.17, 15) is 5.26 Å². The van der Waals surface area contributed by atoms with Crippen molar-refractivity contribution < 1.29 is 0 Å². The Labute approximate surface area is 126 Å². The lowest BCUT2D eigenvalue weighted by Crippen LogP contribution is -2.46. The summed E-state index contributed by atoms with van der Waals surface area (Å²) in [5.41, 5.74) is 3.18. The average Bonchev–Trinajstić information content (AvgIpc) is 2.99. The van der Waals surface area contributed by atoms with Crippen molar-refractivity contribution in [2.75, 3.05) is 51.2 Å². The van der Waals surface area contributed by atoms with E-state index in [1.54, 1.807) is 0 Å². The molecular weight excluding hydrogens is 262 g/mol. The van der Waals surface area contributed by atoms with E-state index < -0.39 is 0 Å². The zero-order chi connectivity index (χ0) is 14.7. The van der Waals surface area contributed by atoms with Gasteiger partial charge in [-0.2, -0.15) is 5.26 Å². The summed E-state index contributed by atoms with van der Waals surface area (Å²) >= 11 is 0. The number of hydrogen-bond acceptors (Lipinski definition) is 5. The second-order valence-corrected chi connectivity index (χ2v) is 5.94. The lowest BCUT2D eigenvalue weighted by atomic mass is 10.1. The van der Waals surface area contributed by atoms with E-state index in [-0.39, 0.29) is 0 Å². The van der Waals surface area contributed by atoms with Gasteiger partial charge in [0.2, 0.25) is 0 Å². The Bertz CT molecular complexity index is 542. The molecule has 0 unspecified atom stereocenters. The number of rotatable bonds is 4. The predicted octanol–water partition coefficient (Wildman–Crippen LogP) is 0.783. The van der Waals surface area contributed by atoms with Gasteiger partial charge in [0.1, 0.15) is 11.9 Å². The summed E-state index contributed by atoms with van der Waals surface area (Å²) in [7, 11) is 2.05. The van der Waals surface area contributed by atoms with E-state index in [1.165, 1.54) is 17.7 Å². The van der Waals surface area contributed by atoms with Gasteiger partial charge in [-0.3, -0.25) is 4.90 Å². The molecule has 1 aliphatic carbocycles. The third-order valence-corrected chi connectivity index (χ3v) is 4.47. The number of nitrogens with zero attached hydrogens (tertiary/aromatic N) is 4. The highest BCUT2D eigenvalue weighted by Gasteiger charge is 2.19. The SMILES string of the molecule is CN(CCN1CCNCC1)c1nc2c(cc1C#N)CCC2. The minimum Gasteiger partial charge on any atom is -0.357 e. The molecule has 0 spiro atoms. The van der Waals surface area contributed by atoms with Gasteiger partial charge in [-0.15, -0.1) is 0 Å². The molecule has 1 aromatic rings.